The van der Waals surface area contributed by atoms with Crippen LogP contribution in [0.3, 0.4) is 0 Å². The van der Waals surface area contributed by atoms with Crippen molar-refractivity contribution in [2.24, 2.45) is 5.92 Å². The summed E-state index contributed by atoms with van der Waals surface area (Å²) in [4.78, 5) is 27.8. The molecule has 0 spiro atoms. The van der Waals surface area contributed by atoms with Crippen molar-refractivity contribution < 1.29 is 18.4 Å². The fourth-order valence-electron chi connectivity index (χ4n) is 4.74. The summed E-state index contributed by atoms with van der Waals surface area (Å²) in [6, 6.07) is 6.10. The van der Waals surface area contributed by atoms with Crippen molar-refractivity contribution in [2.75, 3.05) is 7.05 Å². The van der Waals surface area contributed by atoms with E-state index in [0.29, 0.717) is 18.0 Å². The van der Waals surface area contributed by atoms with Crippen molar-refractivity contribution >= 4 is 17.5 Å². The van der Waals surface area contributed by atoms with Crippen LogP contribution in [0.25, 0.3) is 16.9 Å². The molecule has 0 radical (unpaired) electrons. The summed E-state index contributed by atoms with van der Waals surface area (Å²) in [7, 11) is 1.41. The van der Waals surface area contributed by atoms with Crippen LogP contribution in [-0.4, -0.2) is 34.3 Å². The van der Waals surface area contributed by atoms with E-state index in [-0.39, 0.29) is 28.8 Å². The third-order valence-electron chi connectivity index (χ3n) is 6.38. The quantitative estimate of drug-likeness (QED) is 0.607. The first-order valence-corrected chi connectivity index (χ1v) is 11.2. The van der Waals surface area contributed by atoms with Crippen LogP contribution in [0.1, 0.15) is 54.2 Å². The number of nitrogens with one attached hydrogen (secondary N) is 2. The Morgan fingerprint density at radius 1 is 1.12 bits per heavy atom. The van der Waals surface area contributed by atoms with Crippen molar-refractivity contribution in [3.05, 3.63) is 58.9 Å². The number of pyridine rings is 1. The van der Waals surface area contributed by atoms with Gasteiger partial charge in [0, 0.05) is 31.8 Å². The van der Waals surface area contributed by atoms with Crippen molar-refractivity contribution in [2.45, 2.75) is 52.0 Å². The summed E-state index contributed by atoms with van der Waals surface area (Å²) < 4.78 is 32.1. The van der Waals surface area contributed by atoms with Crippen molar-refractivity contribution in [1.29, 1.82) is 0 Å². The van der Waals surface area contributed by atoms with E-state index in [2.05, 4.69) is 15.6 Å². The maximum absolute atomic E-state index is 15.1. The second-order valence-corrected chi connectivity index (χ2v) is 8.86. The maximum Gasteiger partial charge on any atom is 0.251 e. The highest BCUT2D eigenvalue weighted by Crippen LogP contribution is 2.35. The lowest BCUT2D eigenvalue weighted by Gasteiger charge is -2.29. The lowest BCUT2D eigenvalue weighted by molar-refractivity contribution is -0.119. The molecule has 0 saturated heterocycles. The lowest BCUT2D eigenvalue weighted by Crippen LogP contribution is -2.36. The minimum absolute atomic E-state index is 0.0240. The molecule has 8 heteroatoms. The summed E-state index contributed by atoms with van der Waals surface area (Å²) >= 11 is 0. The summed E-state index contributed by atoms with van der Waals surface area (Å²) in [5.41, 5.74) is 2.35. The molecule has 1 aliphatic rings. The number of hydrogen-bond acceptors (Lipinski definition) is 3. The van der Waals surface area contributed by atoms with Gasteiger partial charge in [-0.15, -0.1) is 0 Å². The van der Waals surface area contributed by atoms with E-state index in [1.807, 2.05) is 29.7 Å². The Labute approximate surface area is 191 Å². The number of aromatic nitrogens is 2. The largest absolute Gasteiger partial charge is 0.355 e. The third-order valence-corrected chi connectivity index (χ3v) is 6.38. The van der Waals surface area contributed by atoms with Crippen LogP contribution in [-0.2, 0) is 11.2 Å². The molecule has 1 fully saturated rings. The molecular formula is C25H28F2N4O2. The fourth-order valence-corrected chi connectivity index (χ4v) is 4.74. The molecule has 0 aliphatic heterocycles. The Morgan fingerprint density at radius 3 is 2.39 bits per heavy atom. The number of rotatable bonds is 5. The number of amides is 2. The average molecular weight is 455 g/mol. The molecule has 2 heterocycles. The normalized spacial score (nSPS) is 18.3. The predicted octanol–water partition coefficient (Wildman–Crippen LogP) is 4.18. The second kappa shape index (κ2) is 9.29. The van der Waals surface area contributed by atoms with E-state index in [4.69, 9.17) is 0 Å². The molecule has 2 aromatic heterocycles. The van der Waals surface area contributed by atoms with Crippen molar-refractivity contribution in [3.8, 4) is 11.3 Å². The number of fused-ring (bicyclic) bond motifs is 1. The van der Waals surface area contributed by atoms with Gasteiger partial charge in [0.25, 0.3) is 5.91 Å². The van der Waals surface area contributed by atoms with Gasteiger partial charge in [0.2, 0.25) is 5.91 Å². The number of carbonyl (C=O) groups is 2. The first-order chi connectivity index (χ1) is 15.8. The van der Waals surface area contributed by atoms with Crippen molar-refractivity contribution in [1.82, 2.24) is 20.0 Å². The predicted molar refractivity (Wildman–Crippen MR) is 122 cm³/mol. The third kappa shape index (κ3) is 4.74. The molecule has 6 nitrogen and oxygen atoms in total. The van der Waals surface area contributed by atoms with Crippen LogP contribution >= 0.6 is 0 Å². The van der Waals surface area contributed by atoms with Gasteiger partial charge in [0.05, 0.1) is 17.0 Å². The zero-order valence-electron chi connectivity index (χ0n) is 19.0. The first-order valence-electron chi connectivity index (χ1n) is 11.2. The highest BCUT2D eigenvalue weighted by molar-refractivity contribution is 5.94. The Balaban J connectivity index is 1.72. The van der Waals surface area contributed by atoms with Gasteiger partial charge in [-0.3, -0.25) is 9.59 Å². The van der Waals surface area contributed by atoms with Gasteiger partial charge in [-0.25, -0.2) is 13.8 Å². The molecule has 2 N–H and O–H groups in total. The standard InChI is InChI=1S/C25H28F2N4O2/c1-14-8-9-31-21(11-16-4-6-18(7-5-16)29-15(2)32)24(30-22(31)10-14)23-19(26)12-17(13-20(23)27)25(33)28-3/h8-10,12-13,16,18H,4-7,11H2,1-3H3,(H,28,33)(H,29,32). The van der Waals surface area contributed by atoms with Gasteiger partial charge in [-0.05, 0) is 74.8 Å². The molecule has 1 aliphatic carbocycles. The number of halogens is 2. The second-order valence-electron chi connectivity index (χ2n) is 8.86. The van der Waals surface area contributed by atoms with E-state index in [1.54, 1.807) is 0 Å². The highest BCUT2D eigenvalue weighted by atomic mass is 19.1. The van der Waals surface area contributed by atoms with Crippen LogP contribution in [0.15, 0.2) is 30.5 Å². The van der Waals surface area contributed by atoms with E-state index in [0.717, 1.165) is 49.1 Å². The molecular weight excluding hydrogens is 426 g/mol. The van der Waals surface area contributed by atoms with Gasteiger partial charge in [-0.2, -0.15) is 0 Å². The molecule has 1 saturated carbocycles. The summed E-state index contributed by atoms with van der Waals surface area (Å²) in [5, 5.41) is 5.37. The van der Waals surface area contributed by atoms with Gasteiger partial charge in [0.15, 0.2) is 0 Å². The molecule has 0 bridgehead atoms. The molecule has 0 atom stereocenters. The maximum atomic E-state index is 15.1. The molecule has 174 valence electrons. The first kappa shape index (κ1) is 22.9. The summed E-state index contributed by atoms with van der Waals surface area (Å²) in [6.45, 7) is 3.47. The number of nitrogens with zero attached hydrogens (tertiary/aromatic N) is 2. The molecule has 2 amide bonds. The van der Waals surface area contributed by atoms with Gasteiger partial charge in [0.1, 0.15) is 17.3 Å². The van der Waals surface area contributed by atoms with Gasteiger partial charge < -0.3 is 15.0 Å². The minimum atomic E-state index is -0.815. The molecule has 33 heavy (non-hydrogen) atoms. The van der Waals surface area contributed by atoms with Crippen molar-refractivity contribution in [3.63, 3.8) is 0 Å². The summed E-state index contributed by atoms with van der Waals surface area (Å²) in [6.07, 6.45) is 6.06. The number of imidazole rings is 1. The Bertz CT molecular complexity index is 1190. The van der Waals surface area contributed by atoms with Crippen LogP contribution in [0.5, 0.6) is 0 Å². The zero-order valence-corrected chi connectivity index (χ0v) is 19.0. The molecule has 4 rings (SSSR count). The van der Waals surface area contributed by atoms with E-state index >= 15 is 8.78 Å². The van der Waals surface area contributed by atoms with Crippen LogP contribution in [0.4, 0.5) is 8.78 Å². The topological polar surface area (TPSA) is 75.5 Å². The van der Waals surface area contributed by atoms with Gasteiger partial charge >= 0.3 is 0 Å². The molecule has 0 unspecified atom stereocenters. The lowest BCUT2D eigenvalue weighted by atomic mass is 9.82. The Kier molecular flexibility index (Phi) is 6.44. The van der Waals surface area contributed by atoms with E-state index in [1.165, 1.54) is 14.0 Å². The fraction of sp³-hybridized carbons (Fsp3) is 0.400. The SMILES string of the molecule is CNC(=O)c1cc(F)c(-c2nc3cc(C)ccn3c2CC2CCC(NC(C)=O)CC2)c(F)c1. The van der Waals surface area contributed by atoms with E-state index in [9.17, 15) is 9.59 Å². The zero-order chi connectivity index (χ0) is 23.7. The number of benzene rings is 1. The molecule has 1 aromatic carbocycles. The van der Waals surface area contributed by atoms with Crippen LogP contribution in [0.2, 0.25) is 0 Å². The number of carbonyl (C=O) groups excluding carboxylic acids is 2. The van der Waals surface area contributed by atoms with Crippen LogP contribution < -0.4 is 10.6 Å². The number of hydrogen-bond donors (Lipinski definition) is 2. The highest BCUT2D eigenvalue weighted by Gasteiger charge is 2.27. The molecule has 3 aromatic rings. The number of aryl methyl sites for hydroxylation is 1. The Hall–Kier alpha value is -3.29. The Morgan fingerprint density at radius 2 is 1.79 bits per heavy atom. The summed E-state index contributed by atoms with van der Waals surface area (Å²) in [5.74, 6) is -1.90. The monoisotopic (exact) mass is 454 g/mol. The van der Waals surface area contributed by atoms with E-state index < -0.39 is 17.5 Å². The van der Waals surface area contributed by atoms with Crippen LogP contribution in [0, 0.1) is 24.5 Å². The minimum Gasteiger partial charge on any atom is -0.355 e. The average Bonchev–Trinajstić information content (AvgIpc) is 3.10. The van der Waals surface area contributed by atoms with Gasteiger partial charge in [-0.1, -0.05) is 0 Å². The smallest absolute Gasteiger partial charge is 0.251 e.